The minimum Gasteiger partial charge on any atom is -0.366 e. The number of hydrogen-bond acceptors (Lipinski definition) is 3. The summed E-state index contributed by atoms with van der Waals surface area (Å²) in [6.07, 6.45) is 4.09. The van der Waals surface area contributed by atoms with Crippen LogP contribution in [0.15, 0.2) is 54.6 Å². The summed E-state index contributed by atoms with van der Waals surface area (Å²) >= 11 is 6.01. The van der Waals surface area contributed by atoms with Crippen molar-refractivity contribution < 1.29 is 9.59 Å². The Kier molecular flexibility index (Phi) is 5.92. The first kappa shape index (κ1) is 18.0. The highest BCUT2D eigenvalue weighted by Crippen LogP contribution is 2.29. The van der Waals surface area contributed by atoms with Gasteiger partial charge < -0.3 is 15.1 Å². The number of nitrogens with zero attached hydrogens (tertiary/aromatic N) is 2. The Morgan fingerprint density at radius 3 is 2.46 bits per heavy atom. The fourth-order valence-corrected chi connectivity index (χ4v) is 3.14. The van der Waals surface area contributed by atoms with E-state index in [-0.39, 0.29) is 5.91 Å². The number of nitrogens with one attached hydrogen (secondary N) is 1. The van der Waals surface area contributed by atoms with Crippen molar-refractivity contribution in [3.05, 3.63) is 65.2 Å². The molecule has 0 aliphatic carbocycles. The summed E-state index contributed by atoms with van der Waals surface area (Å²) in [4.78, 5) is 27.2. The summed E-state index contributed by atoms with van der Waals surface area (Å²) in [7, 11) is 0. The lowest BCUT2D eigenvalue weighted by Crippen LogP contribution is -2.48. The molecular weight excluding hydrogens is 350 g/mol. The van der Waals surface area contributed by atoms with Crippen LogP contribution >= 0.6 is 11.6 Å². The number of rotatable bonds is 5. The number of amides is 2. The number of carbonyl (C=O) groups excluding carboxylic acids is 2. The van der Waals surface area contributed by atoms with Crippen LogP contribution in [0.3, 0.4) is 0 Å². The van der Waals surface area contributed by atoms with Crippen LogP contribution in [0.4, 0.5) is 11.4 Å². The molecular formula is C20H20ClN3O2. The molecule has 0 unspecified atom stereocenters. The zero-order valence-electron chi connectivity index (χ0n) is 14.3. The molecule has 0 atom stereocenters. The van der Waals surface area contributed by atoms with Crippen LogP contribution in [0.5, 0.6) is 0 Å². The monoisotopic (exact) mass is 369 g/mol. The Bertz CT molecular complexity index is 800. The number of hydrogen-bond donors (Lipinski definition) is 1. The van der Waals surface area contributed by atoms with Crippen LogP contribution in [-0.2, 0) is 9.59 Å². The van der Waals surface area contributed by atoms with E-state index in [4.69, 9.17) is 11.6 Å². The van der Waals surface area contributed by atoms with Crippen LogP contribution in [0, 0.1) is 0 Å². The molecule has 0 saturated carbocycles. The predicted octanol–water partition coefficient (Wildman–Crippen LogP) is 3.27. The molecule has 0 radical (unpaired) electrons. The number of anilines is 2. The second kappa shape index (κ2) is 8.54. The number of halogens is 1. The quantitative estimate of drug-likeness (QED) is 0.650. The minimum atomic E-state index is 0.0100. The van der Waals surface area contributed by atoms with Crippen LogP contribution in [0.25, 0.3) is 6.08 Å². The first-order chi connectivity index (χ1) is 12.7. The normalized spacial score (nSPS) is 14.5. The first-order valence-corrected chi connectivity index (χ1v) is 8.82. The van der Waals surface area contributed by atoms with E-state index in [1.165, 1.54) is 0 Å². The van der Waals surface area contributed by atoms with Gasteiger partial charge in [-0.15, -0.1) is 0 Å². The van der Waals surface area contributed by atoms with Gasteiger partial charge in [-0.2, -0.15) is 0 Å². The Morgan fingerprint density at radius 1 is 1.04 bits per heavy atom. The largest absolute Gasteiger partial charge is 0.366 e. The van der Waals surface area contributed by atoms with E-state index in [0.29, 0.717) is 43.3 Å². The molecule has 1 saturated heterocycles. The zero-order chi connectivity index (χ0) is 18.4. The lowest BCUT2D eigenvalue weighted by Gasteiger charge is -2.36. The van der Waals surface area contributed by atoms with E-state index < -0.39 is 0 Å². The average Bonchev–Trinajstić information content (AvgIpc) is 2.67. The molecule has 1 aliphatic rings. The molecule has 0 spiro atoms. The predicted molar refractivity (Wildman–Crippen MR) is 105 cm³/mol. The van der Waals surface area contributed by atoms with E-state index in [1.807, 2.05) is 47.4 Å². The van der Waals surface area contributed by atoms with Crippen LogP contribution in [0.2, 0.25) is 5.02 Å². The smallest absolute Gasteiger partial charge is 0.246 e. The van der Waals surface area contributed by atoms with Crippen molar-refractivity contribution in [2.24, 2.45) is 0 Å². The Balaban J connectivity index is 1.61. The molecule has 1 N–H and O–H groups in total. The molecule has 2 aromatic carbocycles. The lowest BCUT2D eigenvalue weighted by molar-refractivity contribution is -0.126. The van der Waals surface area contributed by atoms with Crippen molar-refractivity contribution in [1.29, 1.82) is 0 Å². The second-order valence-electron chi connectivity index (χ2n) is 5.98. The summed E-state index contributed by atoms with van der Waals surface area (Å²) < 4.78 is 0. The van der Waals surface area contributed by atoms with Gasteiger partial charge in [0.25, 0.3) is 0 Å². The zero-order valence-corrected chi connectivity index (χ0v) is 15.0. The third-order valence-corrected chi connectivity index (χ3v) is 4.56. The molecule has 6 heteroatoms. The molecule has 134 valence electrons. The van der Waals surface area contributed by atoms with Crippen molar-refractivity contribution in [1.82, 2.24) is 4.90 Å². The Morgan fingerprint density at radius 2 is 1.77 bits per heavy atom. The average molecular weight is 370 g/mol. The van der Waals surface area contributed by atoms with Crippen molar-refractivity contribution in [3.63, 3.8) is 0 Å². The van der Waals surface area contributed by atoms with Gasteiger partial charge in [-0.1, -0.05) is 41.9 Å². The van der Waals surface area contributed by atoms with Gasteiger partial charge in [0.2, 0.25) is 12.3 Å². The molecule has 2 amide bonds. The first-order valence-electron chi connectivity index (χ1n) is 8.44. The van der Waals surface area contributed by atoms with Crippen molar-refractivity contribution in [3.8, 4) is 0 Å². The molecule has 5 nitrogen and oxygen atoms in total. The fourth-order valence-electron chi connectivity index (χ4n) is 2.97. The Labute approximate surface area is 157 Å². The summed E-state index contributed by atoms with van der Waals surface area (Å²) in [6, 6.07) is 15.2. The van der Waals surface area contributed by atoms with Gasteiger partial charge in [0.15, 0.2) is 0 Å². The van der Waals surface area contributed by atoms with Crippen molar-refractivity contribution in [2.75, 3.05) is 36.4 Å². The summed E-state index contributed by atoms with van der Waals surface area (Å²) in [5.74, 6) is 0.0100. The maximum absolute atomic E-state index is 12.4. The Hall–Kier alpha value is -2.79. The fraction of sp³-hybridized carbons (Fsp3) is 0.200. The topological polar surface area (TPSA) is 52.7 Å². The van der Waals surface area contributed by atoms with Crippen LogP contribution < -0.4 is 10.2 Å². The van der Waals surface area contributed by atoms with Gasteiger partial charge in [0.05, 0.1) is 11.4 Å². The number of benzene rings is 2. The maximum Gasteiger partial charge on any atom is 0.246 e. The molecule has 2 aromatic rings. The van der Waals surface area contributed by atoms with E-state index in [9.17, 15) is 9.59 Å². The lowest BCUT2D eigenvalue weighted by atomic mass is 10.2. The summed E-state index contributed by atoms with van der Waals surface area (Å²) in [6.45, 7) is 2.64. The van der Waals surface area contributed by atoms with E-state index >= 15 is 0 Å². The van der Waals surface area contributed by atoms with E-state index in [0.717, 1.165) is 11.3 Å². The molecule has 1 heterocycles. The minimum absolute atomic E-state index is 0.0100. The highest BCUT2D eigenvalue weighted by atomic mass is 35.5. The van der Waals surface area contributed by atoms with E-state index in [1.54, 1.807) is 18.2 Å². The third kappa shape index (κ3) is 4.43. The number of carbonyl (C=O) groups is 2. The summed E-state index contributed by atoms with van der Waals surface area (Å²) in [5.41, 5.74) is 2.59. The molecule has 1 fully saturated rings. The number of piperazine rings is 1. The van der Waals surface area contributed by atoms with Gasteiger partial charge in [0, 0.05) is 37.3 Å². The van der Waals surface area contributed by atoms with E-state index in [2.05, 4.69) is 10.2 Å². The van der Waals surface area contributed by atoms with Crippen molar-refractivity contribution >= 4 is 41.4 Å². The third-order valence-electron chi connectivity index (χ3n) is 4.32. The van der Waals surface area contributed by atoms with Gasteiger partial charge in [0.1, 0.15) is 0 Å². The van der Waals surface area contributed by atoms with Crippen LogP contribution in [-0.4, -0.2) is 43.4 Å². The van der Waals surface area contributed by atoms with Gasteiger partial charge in [-0.05, 0) is 29.8 Å². The van der Waals surface area contributed by atoms with Gasteiger partial charge >= 0.3 is 0 Å². The highest BCUT2D eigenvalue weighted by molar-refractivity contribution is 6.31. The highest BCUT2D eigenvalue weighted by Gasteiger charge is 2.21. The van der Waals surface area contributed by atoms with Gasteiger partial charge in [-0.25, -0.2) is 0 Å². The second-order valence-corrected chi connectivity index (χ2v) is 6.42. The summed E-state index contributed by atoms with van der Waals surface area (Å²) in [5, 5.41) is 3.26. The molecule has 3 rings (SSSR count). The standard InChI is InChI=1S/C20H20ClN3O2/c21-17-7-8-19(18(14-17)22-15-25)23-10-12-24(13-11-23)20(26)9-6-16-4-2-1-3-5-16/h1-9,14-15H,10-13H2,(H,22,25). The maximum atomic E-state index is 12.4. The van der Waals surface area contributed by atoms with Gasteiger partial charge in [-0.3, -0.25) is 9.59 Å². The molecule has 26 heavy (non-hydrogen) atoms. The van der Waals surface area contributed by atoms with Crippen molar-refractivity contribution in [2.45, 2.75) is 0 Å². The van der Waals surface area contributed by atoms with Crippen LogP contribution in [0.1, 0.15) is 5.56 Å². The molecule has 0 bridgehead atoms. The molecule has 1 aliphatic heterocycles. The molecule has 0 aromatic heterocycles. The SMILES string of the molecule is O=CNc1cc(Cl)ccc1N1CCN(C(=O)C=Cc2ccccc2)CC1.